The third kappa shape index (κ3) is 5.24. The fraction of sp³-hybridized carbons (Fsp3) is 0.436. The number of likely N-dealkylation sites (N-methyl/N-ethyl adjacent to an activating group) is 1. The van der Waals surface area contributed by atoms with Crippen molar-refractivity contribution in [1.82, 2.24) is 0 Å². The van der Waals surface area contributed by atoms with Crippen molar-refractivity contribution in [3.05, 3.63) is 88.3 Å². The number of rotatable bonds is 8. The van der Waals surface area contributed by atoms with E-state index in [0.717, 1.165) is 54.6 Å². The van der Waals surface area contributed by atoms with E-state index in [9.17, 15) is 4.91 Å². The van der Waals surface area contributed by atoms with Crippen LogP contribution in [0.25, 0.3) is 33.0 Å². The van der Waals surface area contributed by atoms with Crippen molar-refractivity contribution in [3.8, 4) is 22.3 Å². The fourth-order valence-corrected chi connectivity index (χ4v) is 8.34. The van der Waals surface area contributed by atoms with Crippen molar-refractivity contribution in [2.24, 2.45) is 28.0 Å². The Labute approximate surface area is 264 Å². The molecule has 44 heavy (non-hydrogen) atoms. The molecule has 2 aliphatic rings. The van der Waals surface area contributed by atoms with Gasteiger partial charge in [-0.3, -0.25) is 0 Å². The Hall–Kier alpha value is -3.54. The van der Waals surface area contributed by atoms with Crippen LogP contribution in [0.3, 0.4) is 0 Å². The second-order valence-electron chi connectivity index (χ2n) is 13.0. The zero-order valence-corrected chi connectivity index (χ0v) is 27.5. The van der Waals surface area contributed by atoms with Gasteiger partial charge in [-0.2, -0.15) is 0 Å². The lowest BCUT2D eigenvalue weighted by Gasteiger charge is -2.49. The minimum atomic E-state index is -0.0735. The van der Waals surface area contributed by atoms with Gasteiger partial charge in [0.05, 0.1) is 0 Å². The topological polar surface area (TPSA) is 84.7 Å². The van der Waals surface area contributed by atoms with Gasteiger partial charge in [0.25, 0.3) is 0 Å². The van der Waals surface area contributed by atoms with Gasteiger partial charge in [-0.15, -0.1) is 4.91 Å². The van der Waals surface area contributed by atoms with Crippen LogP contribution in [0, 0.1) is 23.2 Å². The van der Waals surface area contributed by atoms with E-state index in [1.807, 2.05) is 19.9 Å². The molecule has 0 aromatic heterocycles. The Balaban J connectivity index is 0.00000188. The van der Waals surface area contributed by atoms with Crippen LogP contribution in [0.5, 0.6) is 0 Å². The molecule has 4 aromatic carbocycles. The van der Waals surface area contributed by atoms with Gasteiger partial charge >= 0.3 is 0 Å². The van der Waals surface area contributed by atoms with Gasteiger partial charge in [-0.05, 0) is 125 Å². The molecular formula is C39H50N4O. The molecule has 0 saturated heterocycles. The summed E-state index contributed by atoms with van der Waals surface area (Å²) in [4.78, 5) is 14.7. The molecule has 0 aliphatic heterocycles. The summed E-state index contributed by atoms with van der Waals surface area (Å²) in [6, 6.07) is 24.0. The number of nitrogens with two attached hydrogens (primary N) is 2. The molecule has 5 heteroatoms. The molecule has 1 spiro atoms. The molecule has 0 bridgehead atoms. The van der Waals surface area contributed by atoms with Crippen LogP contribution in [0.15, 0.2) is 71.9 Å². The number of nitrogens with zero attached hydrogens (tertiary/aromatic N) is 2. The average Bonchev–Trinajstić information content (AvgIpc) is 3.31. The van der Waals surface area contributed by atoms with Crippen LogP contribution >= 0.6 is 0 Å². The Kier molecular flexibility index (Phi) is 9.29. The molecule has 1 fully saturated rings. The van der Waals surface area contributed by atoms with Crippen molar-refractivity contribution in [3.63, 3.8) is 0 Å². The molecule has 232 valence electrons. The molecule has 4 aromatic rings. The Bertz CT molecular complexity index is 1640. The van der Waals surface area contributed by atoms with Crippen LogP contribution in [0.2, 0.25) is 0 Å². The van der Waals surface area contributed by atoms with Crippen LogP contribution in [-0.2, 0) is 5.41 Å². The van der Waals surface area contributed by atoms with E-state index >= 15 is 0 Å². The number of hydrogen-bond acceptors (Lipinski definition) is 5. The Morgan fingerprint density at radius 3 is 2.27 bits per heavy atom. The maximum absolute atomic E-state index is 12.4. The van der Waals surface area contributed by atoms with Crippen molar-refractivity contribution >= 4 is 22.1 Å². The predicted octanol–water partition coefficient (Wildman–Crippen LogP) is 9.47. The number of benzene rings is 4. The number of fused-ring (bicyclic) bond motifs is 7. The molecule has 0 amide bonds. The summed E-state index contributed by atoms with van der Waals surface area (Å²) < 4.78 is 0. The summed E-state index contributed by atoms with van der Waals surface area (Å²) in [7, 11) is 0. The molecule has 6 rings (SSSR count). The van der Waals surface area contributed by atoms with Crippen LogP contribution in [0.4, 0.5) is 11.4 Å². The molecule has 4 N–H and O–H groups in total. The number of aryl methyl sites for hydroxylation is 1. The summed E-state index contributed by atoms with van der Waals surface area (Å²) in [6.45, 7) is 16.1. The fourth-order valence-electron chi connectivity index (χ4n) is 8.34. The van der Waals surface area contributed by atoms with E-state index in [1.54, 1.807) is 0 Å². The number of hydrogen-bond donors (Lipinski definition) is 2. The SMILES string of the molecule is CC.CCC1CC(C)(CN)CC2(C1)c1ccccc1-c1c2cc(C)c2cc(-c3ccc(N(CC)CCN)cc3)c(N=O)cc12. The number of anilines is 1. The van der Waals surface area contributed by atoms with E-state index in [-0.39, 0.29) is 10.8 Å². The molecule has 1 saturated carbocycles. The summed E-state index contributed by atoms with van der Waals surface area (Å²) in [6.07, 6.45) is 4.51. The van der Waals surface area contributed by atoms with Gasteiger partial charge in [0.1, 0.15) is 5.69 Å². The summed E-state index contributed by atoms with van der Waals surface area (Å²) in [5.41, 5.74) is 22.4. The van der Waals surface area contributed by atoms with Crippen LogP contribution in [-0.4, -0.2) is 26.2 Å². The molecule has 3 atom stereocenters. The highest BCUT2D eigenvalue weighted by Gasteiger charge is 2.52. The quantitative estimate of drug-likeness (QED) is 0.200. The van der Waals surface area contributed by atoms with Gasteiger partial charge in [-0.25, -0.2) is 0 Å². The molecule has 2 aliphatic carbocycles. The van der Waals surface area contributed by atoms with E-state index in [1.165, 1.54) is 39.6 Å². The van der Waals surface area contributed by atoms with E-state index < -0.39 is 0 Å². The summed E-state index contributed by atoms with van der Waals surface area (Å²) in [5.74, 6) is 0.619. The van der Waals surface area contributed by atoms with Crippen LogP contribution < -0.4 is 16.4 Å². The second-order valence-corrected chi connectivity index (χ2v) is 13.0. The van der Waals surface area contributed by atoms with Crippen molar-refractivity contribution < 1.29 is 0 Å². The van der Waals surface area contributed by atoms with E-state index in [0.29, 0.717) is 24.7 Å². The molecule has 3 unspecified atom stereocenters. The highest BCUT2D eigenvalue weighted by atomic mass is 16.3. The first-order valence-electron chi connectivity index (χ1n) is 16.6. The highest BCUT2D eigenvalue weighted by molar-refractivity contribution is 6.07. The molecule has 0 radical (unpaired) electrons. The predicted molar refractivity (Wildman–Crippen MR) is 189 cm³/mol. The second kappa shape index (κ2) is 12.8. The summed E-state index contributed by atoms with van der Waals surface area (Å²) >= 11 is 0. The zero-order chi connectivity index (χ0) is 31.6. The van der Waals surface area contributed by atoms with Crippen LogP contribution in [0.1, 0.15) is 77.0 Å². The monoisotopic (exact) mass is 590 g/mol. The zero-order valence-electron chi connectivity index (χ0n) is 27.5. The van der Waals surface area contributed by atoms with Crippen molar-refractivity contribution in [1.29, 1.82) is 0 Å². The van der Waals surface area contributed by atoms with E-state index in [2.05, 4.69) is 98.4 Å². The van der Waals surface area contributed by atoms with Gasteiger partial charge in [-0.1, -0.05) is 76.6 Å². The van der Waals surface area contributed by atoms with Gasteiger partial charge in [0, 0.05) is 36.3 Å². The third-order valence-corrected chi connectivity index (χ3v) is 10.3. The van der Waals surface area contributed by atoms with Gasteiger partial charge in [0.15, 0.2) is 0 Å². The number of nitroso groups, excluding NO2 is 1. The first kappa shape index (κ1) is 31.9. The maximum Gasteiger partial charge on any atom is 0.116 e. The molecular weight excluding hydrogens is 540 g/mol. The van der Waals surface area contributed by atoms with Crippen molar-refractivity contribution in [2.45, 2.75) is 72.6 Å². The maximum atomic E-state index is 12.4. The lowest BCUT2D eigenvalue weighted by molar-refractivity contribution is 0.108. The smallest absolute Gasteiger partial charge is 0.116 e. The largest absolute Gasteiger partial charge is 0.371 e. The van der Waals surface area contributed by atoms with Gasteiger partial charge < -0.3 is 16.4 Å². The molecule has 0 heterocycles. The normalized spacial score (nSPS) is 21.9. The minimum absolute atomic E-state index is 0.0735. The lowest BCUT2D eigenvalue weighted by atomic mass is 9.55. The Morgan fingerprint density at radius 2 is 1.64 bits per heavy atom. The standard InChI is InChI=1S/C37H44N4O.C2H6/c1-5-25-20-36(4,23-39)22-37(21-25)32-10-8-7-9-28(32)35-31-19-34(40-42)30(18-29(31)24(3)17-33(35)37)26-11-13-27(14-12-26)41(6-2)16-15-38;1-2/h7-14,17-19,25H,5-6,15-16,20-23,38-39H2,1-4H3;1-2H3. The first-order valence-corrected chi connectivity index (χ1v) is 16.6. The summed E-state index contributed by atoms with van der Waals surface area (Å²) in [5, 5.41) is 5.88. The van der Waals surface area contributed by atoms with Crippen molar-refractivity contribution in [2.75, 3.05) is 31.1 Å². The Morgan fingerprint density at radius 1 is 0.909 bits per heavy atom. The first-order chi connectivity index (χ1) is 21.3. The van der Waals surface area contributed by atoms with E-state index in [4.69, 9.17) is 11.5 Å². The lowest BCUT2D eigenvalue weighted by Crippen LogP contribution is -2.44. The highest BCUT2D eigenvalue weighted by Crippen LogP contribution is 2.62. The minimum Gasteiger partial charge on any atom is -0.371 e. The van der Waals surface area contributed by atoms with Gasteiger partial charge in [0.2, 0.25) is 0 Å². The third-order valence-electron chi connectivity index (χ3n) is 10.3. The average molecular weight is 591 g/mol. The molecule has 5 nitrogen and oxygen atoms in total.